The van der Waals surface area contributed by atoms with Crippen LogP contribution in [0.15, 0.2) is 18.2 Å². The van der Waals surface area contributed by atoms with Gasteiger partial charge in [-0.15, -0.1) is 11.3 Å². The summed E-state index contributed by atoms with van der Waals surface area (Å²) in [6.07, 6.45) is 9.57. The molecule has 1 aromatic heterocycles. The zero-order valence-corrected chi connectivity index (χ0v) is 12.8. The van der Waals surface area contributed by atoms with Gasteiger partial charge >= 0.3 is 0 Å². The first kappa shape index (κ1) is 12.6. The quantitative estimate of drug-likeness (QED) is 0.777. The van der Waals surface area contributed by atoms with Gasteiger partial charge in [-0.1, -0.05) is 19.3 Å². The molecule has 106 valence electrons. The summed E-state index contributed by atoms with van der Waals surface area (Å²) in [4.78, 5) is 7.42. The molecule has 1 aromatic carbocycles. The van der Waals surface area contributed by atoms with E-state index in [1.807, 2.05) is 11.3 Å². The normalized spacial score (nSPS) is 20.9. The fourth-order valence-electron chi connectivity index (χ4n) is 3.63. The van der Waals surface area contributed by atoms with Gasteiger partial charge in [-0.3, -0.25) is 0 Å². The van der Waals surface area contributed by atoms with Crippen LogP contribution in [0.3, 0.4) is 0 Å². The molecular weight excluding hydrogens is 264 g/mol. The molecule has 0 spiro atoms. The molecule has 20 heavy (non-hydrogen) atoms. The summed E-state index contributed by atoms with van der Waals surface area (Å²) in [5.74, 6) is 0.733. The second-order valence-electron chi connectivity index (χ2n) is 6.23. The Hall–Kier alpha value is -1.09. The van der Waals surface area contributed by atoms with Crippen LogP contribution in [0.1, 0.15) is 55.9 Å². The van der Waals surface area contributed by atoms with Crippen molar-refractivity contribution in [3.63, 3.8) is 0 Å². The van der Waals surface area contributed by atoms with E-state index in [0.29, 0.717) is 0 Å². The number of anilines is 1. The van der Waals surface area contributed by atoms with Gasteiger partial charge in [0.05, 0.1) is 15.2 Å². The molecule has 0 unspecified atom stereocenters. The summed E-state index contributed by atoms with van der Waals surface area (Å²) in [6.45, 7) is 2.44. The van der Waals surface area contributed by atoms with Gasteiger partial charge in [0.25, 0.3) is 0 Å². The van der Waals surface area contributed by atoms with Crippen LogP contribution in [0.4, 0.5) is 5.69 Å². The Morgan fingerprint density at radius 3 is 2.60 bits per heavy atom. The van der Waals surface area contributed by atoms with Gasteiger partial charge in [-0.25, -0.2) is 4.98 Å². The molecule has 0 radical (unpaired) electrons. The lowest BCUT2D eigenvalue weighted by atomic mass is 9.90. The molecule has 1 aliphatic heterocycles. The van der Waals surface area contributed by atoms with E-state index in [2.05, 4.69) is 23.1 Å². The maximum Gasteiger partial charge on any atom is 0.0969 e. The summed E-state index contributed by atoms with van der Waals surface area (Å²) in [7, 11) is 0. The lowest BCUT2D eigenvalue weighted by molar-refractivity contribution is 0.443. The maximum atomic E-state index is 4.90. The molecule has 4 rings (SSSR count). The lowest BCUT2D eigenvalue weighted by Crippen LogP contribution is -2.17. The lowest BCUT2D eigenvalue weighted by Gasteiger charge is -2.18. The van der Waals surface area contributed by atoms with Gasteiger partial charge in [0.15, 0.2) is 0 Å². The predicted octanol–water partition coefficient (Wildman–Crippen LogP) is 4.94. The molecule has 0 atom stereocenters. The van der Waals surface area contributed by atoms with E-state index in [9.17, 15) is 0 Å². The van der Waals surface area contributed by atoms with Crippen LogP contribution in [0.5, 0.6) is 0 Å². The van der Waals surface area contributed by atoms with E-state index in [-0.39, 0.29) is 0 Å². The highest BCUT2D eigenvalue weighted by atomic mass is 32.1. The second kappa shape index (κ2) is 5.36. The van der Waals surface area contributed by atoms with Crippen LogP contribution in [-0.2, 0) is 0 Å². The maximum absolute atomic E-state index is 4.90. The van der Waals surface area contributed by atoms with Crippen molar-refractivity contribution < 1.29 is 0 Å². The van der Waals surface area contributed by atoms with Crippen molar-refractivity contribution in [1.29, 1.82) is 0 Å². The first-order valence-electron chi connectivity index (χ1n) is 8.05. The highest BCUT2D eigenvalue weighted by molar-refractivity contribution is 7.18. The SMILES string of the molecule is c1cc2nc(C3CCCCC3)sc2cc1N1CCCC1. The van der Waals surface area contributed by atoms with Crippen molar-refractivity contribution in [2.45, 2.75) is 50.9 Å². The molecule has 1 saturated carbocycles. The molecule has 1 aliphatic carbocycles. The van der Waals surface area contributed by atoms with Gasteiger partial charge in [-0.05, 0) is 43.9 Å². The van der Waals surface area contributed by atoms with E-state index >= 15 is 0 Å². The highest BCUT2D eigenvalue weighted by Gasteiger charge is 2.20. The van der Waals surface area contributed by atoms with Gasteiger partial charge in [0.2, 0.25) is 0 Å². The third kappa shape index (κ3) is 2.32. The number of hydrogen-bond acceptors (Lipinski definition) is 3. The summed E-state index contributed by atoms with van der Waals surface area (Å²) in [5, 5.41) is 1.39. The minimum Gasteiger partial charge on any atom is -0.371 e. The number of hydrogen-bond donors (Lipinski definition) is 0. The zero-order chi connectivity index (χ0) is 13.4. The molecule has 1 saturated heterocycles. The number of rotatable bonds is 2. The average Bonchev–Trinajstić information content (AvgIpc) is 3.16. The van der Waals surface area contributed by atoms with E-state index in [4.69, 9.17) is 4.98 Å². The van der Waals surface area contributed by atoms with Crippen LogP contribution in [0.2, 0.25) is 0 Å². The molecule has 0 bridgehead atoms. The van der Waals surface area contributed by atoms with Crippen molar-refractivity contribution in [2.24, 2.45) is 0 Å². The molecular formula is C17H22N2S. The van der Waals surface area contributed by atoms with Gasteiger partial charge in [-0.2, -0.15) is 0 Å². The monoisotopic (exact) mass is 286 g/mol. The molecule has 0 N–H and O–H groups in total. The minimum absolute atomic E-state index is 0.733. The topological polar surface area (TPSA) is 16.1 Å². The Morgan fingerprint density at radius 1 is 1.00 bits per heavy atom. The molecule has 2 heterocycles. The van der Waals surface area contributed by atoms with E-state index in [0.717, 1.165) is 5.92 Å². The van der Waals surface area contributed by atoms with Crippen molar-refractivity contribution in [3.8, 4) is 0 Å². The largest absolute Gasteiger partial charge is 0.371 e. The Kier molecular flexibility index (Phi) is 3.39. The standard InChI is InChI=1S/C17H22N2S/c1-2-6-13(7-3-1)17-18-15-9-8-14(12-16(15)20-17)19-10-4-5-11-19/h8-9,12-13H,1-7,10-11H2. The van der Waals surface area contributed by atoms with Crippen molar-refractivity contribution in [1.82, 2.24) is 4.98 Å². The minimum atomic E-state index is 0.733. The molecule has 2 aromatic rings. The van der Waals surface area contributed by atoms with E-state index in [1.165, 1.54) is 78.9 Å². The number of fused-ring (bicyclic) bond motifs is 1. The second-order valence-corrected chi connectivity index (χ2v) is 7.30. The van der Waals surface area contributed by atoms with Crippen molar-refractivity contribution in [3.05, 3.63) is 23.2 Å². The molecule has 3 heteroatoms. The summed E-state index contributed by atoms with van der Waals surface area (Å²) in [5.41, 5.74) is 2.60. The number of nitrogens with zero attached hydrogens (tertiary/aromatic N) is 2. The summed E-state index contributed by atoms with van der Waals surface area (Å²) in [6, 6.07) is 6.86. The first-order chi connectivity index (χ1) is 9.90. The van der Waals surface area contributed by atoms with Crippen LogP contribution in [-0.4, -0.2) is 18.1 Å². The molecule has 2 aliphatic rings. The fourth-order valence-corrected chi connectivity index (χ4v) is 4.80. The smallest absolute Gasteiger partial charge is 0.0969 e. The number of aromatic nitrogens is 1. The first-order valence-corrected chi connectivity index (χ1v) is 8.87. The zero-order valence-electron chi connectivity index (χ0n) is 12.0. The van der Waals surface area contributed by atoms with Crippen molar-refractivity contribution >= 4 is 27.2 Å². The summed E-state index contributed by atoms with van der Waals surface area (Å²) < 4.78 is 1.38. The van der Waals surface area contributed by atoms with Crippen molar-refractivity contribution in [2.75, 3.05) is 18.0 Å². The Labute approximate surface area is 124 Å². The fraction of sp³-hybridized carbons (Fsp3) is 0.588. The van der Waals surface area contributed by atoms with Crippen LogP contribution in [0.25, 0.3) is 10.2 Å². The van der Waals surface area contributed by atoms with Gasteiger partial charge < -0.3 is 4.90 Å². The highest BCUT2D eigenvalue weighted by Crippen LogP contribution is 2.37. The third-order valence-corrected chi connectivity index (χ3v) is 5.99. The Balaban J connectivity index is 1.64. The van der Waals surface area contributed by atoms with E-state index < -0.39 is 0 Å². The van der Waals surface area contributed by atoms with E-state index in [1.54, 1.807) is 0 Å². The van der Waals surface area contributed by atoms with Crippen LogP contribution < -0.4 is 4.90 Å². The number of benzene rings is 1. The predicted molar refractivity (Wildman–Crippen MR) is 86.9 cm³/mol. The van der Waals surface area contributed by atoms with Gasteiger partial charge in [0, 0.05) is 24.7 Å². The van der Waals surface area contributed by atoms with Gasteiger partial charge in [0.1, 0.15) is 0 Å². The third-order valence-electron chi connectivity index (χ3n) is 4.81. The molecule has 0 amide bonds. The Morgan fingerprint density at radius 2 is 1.80 bits per heavy atom. The van der Waals surface area contributed by atoms with Crippen LogP contribution >= 0.6 is 11.3 Å². The Bertz CT molecular complexity index is 592. The molecule has 2 fully saturated rings. The molecule has 2 nitrogen and oxygen atoms in total. The number of thiazole rings is 1. The average molecular weight is 286 g/mol. The van der Waals surface area contributed by atoms with Crippen LogP contribution in [0, 0.1) is 0 Å². The summed E-state index contributed by atoms with van der Waals surface area (Å²) >= 11 is 1.94.